The third kappa shape index (κ3) is 8.66. The number of nitrogens with one attached hydrogen (secondary N) is 1. The largest absolute Gasteiger partial charge is 0.497 e. The molecule has 0 heterocycles. The van der Waals surface area contributed by atoms with Crippen molar-refractivity contribution in [3.05, 3.63) is 59.7 Å². The quantitative estimate of drug-likeness (QED) is 0.467. The first-order chi connectivity index (χ1) is 17.1. The van der Waals surface area contributed by atoms with Crippen molar-refractivity contribution in [3.8, 4) is 5.75 Å². The highest BCUT2D eigenvalue weighted by Gasteiger charge is 2.33. The Morgan fingerprint density at radius 3 is 2.27 bits per heavy atom. The zero-order valence-electron chi connectivity index (χ0n) is 21.4. The summed E-state index contributed by atoms with van der Waals surface area (Å²) < 4.78 is 70.7. The second-order valence-electron chi connectivity index (χ2n) is 9.01. The summed E-state index contributed by atoms with van der Waals surface area (Å²) in [6.07, 6.45) is -3.91. The Labute approximate surface area is 215 Å². The molecule has 12 heteroatoms. The van der Waals surface area contributed by atoms with E-state index in [1.165, 1.54) is 25.0 Å². The molecule has 1 atom stereocenters. The first-order valence-corrected chi connectivity index (χ1v) is 13.3. The SMILES string of the molecule is COc1cccc(CN(C(=O)CN(c2cccc(C(F)(F)F)c2)S(C)(=O)=O)C(C)C(=O)NCC(C)C)c1. The number of anilines is 1. The predicted octanol–water partition coefficient (Wildman–Crippen LogP) is 3.67. The van der Waals surface area contributed by atoms with Crippen LogP contribution in [0.4, 0.5) is 18.9 Å². The number of hydrogen-bond acceptors (Lipinski definition) is 5. The van der Waals surface area contributed by atoms with Gasteiger partial charge in [0.05, 0.1) is 24.6 Å². The van der Waals surface area contributed by atoms with Crippen molar-refractivity contribution in [2.45, 2.75) is 39.5 Å². The summed E-state index contributed by atoms with van der Waals surface area (Å²) in [5.41, 5.74) is -0.758. The van der Waals surface area contributed by atoms with Gasteiger partial charge < -0.3 is 15.0 Å². The highest BCUT2D eigenvalue weighted by molar-refractivity contribution is 7.92. The summed E-state index contributed by atoms with van der Waals surface area (Å²) in [5, 5.41) is 2.75. The van der Waals surface area contributed by atoms with E-state index in [9.17, 15) is 31.2 Å². The van der Waals surface area contributed by atoms with Crippen LogP contribution in [-0.2, 0) is 32.3 Å². The minimum atomic E-state index is -4.70. The molecule has 1 unspecified atom stereocenters. The van der Waals surface area contributed by atoms with Crippen LogP contribution in [0.1, 0.15) is 31.9 Å². The minimum absolute atomic E-state index is 0.0630. The van der Waals surface area contributed by atoms with E-state index in [2.05, 4.69) is 5.32 Å². The monoisotopic (exact) mass is 543 g/mol. The number of ether oxygens (including phenoxy) is 1. The Hall–Kier alpha value is -3.28. The van der Waals surface area contributed by atoms with Crippen molar-refractivity contribution >= 4 is 27.5 Å². The molecule has 204 valence electrons. The van der Waals surface area contributed by atoms with Gasteiger partial charge in [0.15, 0.2) is 0 Å². The molecule has 0 bridgehead atoms. The van der Waals surface area contributed by atoms with E-state index in [0.717, 1.165) is 18.4 Å². The van der Waals surface area contributed by atoms with Gasteiger partial charge in [-0.25, -0.2) is 8.42 Å². The normalized spacial score (nSPS) is 12.7. The van der Waals surface area contributed by atoms with Crippen LogP contribution in [0, 0.1) is 5.92 Å². The van der Waals surface area contributed by atoms with Gasteiger partial charge in [-0.05, 0) is 48.7 Å². The maximum absolute atomic E-state index is 13.5. The van der Waals surface area contributed by atoms with Crippen molar-refractivity contribution in [2.24, 2.45) is 5.92 Å². The Kier molecular flexibility index (Phi) is 9.96. The average molecular weight is 544 g/mol. The van der Waals surface area contributed by atoms with E-state index in [0.29, 0.717) is 28.2 Å². The number of carbonyl (C=O) groups excluding carboxylic acids is 2. The van der Waals surface area contributed by atoms with Crippen LogP contribution in [0.15, 0.2) is 48.5 Å². The van der Waals surface area contributed by atoms with Crippen LogP contribution >= 0.6 is 0 Å². The van der Waals surface area contributed by atoms with Gasteiger partial charge in [0, 0.05) is 13.1 Å². The molecule has 0 radical (unpaired) electrons. The number of hydrogen-bond donors (Lipinski definition) is 1. The molecule has 0 saturated heterocycles. The molecule has 0 fully saturated rings. The lowest BCUT2D eigenvalue weighted by Gasteiger charge is -2.31. The molecular weight excluding hydrogens is 511 g/mol. The Morgan fingerprint density at radius 2 is 1.70 bits per heavy atom. The maximum Gasteiger partial charge on any atom is 0.416 e. The van der Waals surface area contributed by atoms with Gasteiger partial charge in [-0.3, -0.25) is 13.9 Å². The Morgan fingerprint density at radius 1 is 1.05 bits per heavy atom. The first kappa shape index (κ1) is 29.9. The second kappa shape index (κ2) is 12.3. The van der Waals surface area contributed by atoms with E-state index in [4.69, 9.17) is 4.74 Å². The summed E-state index contributed by atoms with van der Waals surface area (Å²) in [4.78, 5) is 27.5. The van der Waals surface area contributed by atoms with Crippen LogP contribution < -0.4 is 14.4 Å². The number of carbonyl (C=O) groups is 2. The lowest BCUT2D eigenvalue weighted by molar-refractivity contribution is -0.139. The fourth-order valence-corrected chi connectivity index (χ4v) is 4.30. The standard InChI is InChI=1S/C25H32F3N3O5S/c1-17(2)14-29-24(33)18(3)30(15-19-8-6-11-22(12-19)36-4)23(32)16-31(37(5,34)35)21-10-7-9-20(13-21)25(26,27)28/h6-13,17-18H,14-16H2,1-5H3,(H,29,33). The number of amides is 2. The topological polar surface area (TPSA) is 96.0 Å². The smallest absolute Gasteiger partial charge is 0.416 e. The number of sulfonamides is 1. The third-order valence-corrected chi connectivity index (χ3v) is 6.62. The summed E-state index contributed by atoms with van der Waals surface area (Å²) in [7, 11) is -2.69. The molecule has 0 aliphatic heterocycles. The van der Waals surface area contributed by atoms with Gasteiger partial charge in [0.1, 0.15) is 18.3 Å². The zero-order chi connectivity index (χ0) is 28.0. The molecular formula is C25H32F3N3O5S. The minimum Gasteiger partial charge on any atom is -0.497 e. The number of rotatable bonds is 11. The Bertz CT molecular complexity index is 1200. The molecule has 2 amide bonds. The van der Waals surface area contributed by atoms with Crippen LogP contribution in [0.25, 0.3) is 0 Å². The average Bonchev–Trinajstić information content (AvgIpc) is 2.82. The molecule has 2 aromatic rings. The molecule has 37 heavy (non-hydrogen) atoms. The lowest BCUT2D eigenvalue weighted by Crippen LogP contribution is -2.51. The number of halogens is 3. The molecule has 2 rings (SSSR count). The van der Waals surface area contributed by atoms with Crippen molar-refractivity contribution in [1.82, 2.24) is 10.2 Å². The van der Waals surface area contributed by atoms with Crippen molar-refractivity contribution in [3.63, 3.8) is 0 Å². The van der Waals surface area contributed by atoms with E-state index < -0.39 is 46.2 Å². The van der Waals surface area contributed by atoms with Crippen LogP contribution in [-0.4, -0.2) is 57.6 Å². The van der Waals surface area contributed by atoms with E-state index >= 15 is 0 Å². The van der Waals surface area contributed by atoms with Crippen molar-refractivity contribution < 1.29 is 35.9 Å². The number of methoxy groups -OCH3 is 1. The maximum atomic E-state index is 13.5. The molecule has 0 aromatic heterocycles. The highest BCUT2D eigenvalue weighted by atomic mass is 32.2. The molecule has 0 aliphatic rings. The molecule has 8 nitrogen and oxygen atoms in total. The fraction of sp³-hybridized carbons (Fsp3) is 0.440. The van der Waals surface area contributed by atoms with Gasteiger partial charge >= 0.3 is 6.18 Å². The molecule has 1 N–H and O–H groups in total. The van der Waals surface area contributed by atoms with Gasteiger partial charge in [-0.2, -0.15) is 13.2 Å². The van der Waals surface area contributed by atoms with E-state index in [1.54, 1.807) is 24.3 Å². The van der Waals surface area contributed by atoms with Gasteiger partial charge in [0.2, 0.25) is 21.8 Å². The summed E-state index contributed by atoms with van der Waals surface area (Å²) in [5.74, 6) is -0.545. The highest BCUT2D eigenvalue weighted by Crippen LogP contribution is 2.32. The predicted molar refractivity (Wildman–Crippen MR) is 134 cm³/mol. The third-order valence-electron chi connectivity index (χ3n) is 5.48. The van der Waals surface area contributed by atoms with Crippen molar-refractivity contribution in [2.75, 3.05) is 30.8 Å². The van der Waals surface area contributed by atoms with Gasteiger partial charge in [-0.15, -0.1) is 0 Å². The number of nitrogens with zero attached hydrogens (tertiary/aromatic N) is 2. The second-order valence-corrected chi connectivity index (χ2v) is 10.9. The Balaban J connectivity index is 2.44. The zero-order valence-corrected chi connectivity index (χ0v) is 22.2. The summed E-state index contributed by atoms with van der Waals surface area (Å²) in [6.45, 7) is 4.82. The first-order valence-electron chi connectivity index (χ1n) is 11.5. The lowest BCUT2D eigenvalue weighted by atomic mass is 10.1. The number of alkyl halides is 3. The number of benzene rings is 2. The fourth-order valence-electron chi connectivity index (χ4n) is 3.45. The van der Waals surface area contributed by atoms with Crippen LogP contribution in [0.2, 0.25) is 0 Å². The molecule has 0 spiro atoms. The summed E-state index contributed by atoms with van der Waals surface area (Å²) in [6, 6.07) is 9.50. The van der Waals surface area contributed by atoms with Crippen LogP contribution in [0.3, 0.4) is 0 Å². The van der Waals surface area contributed by atoms with Gasteiger partial charge in [0.25, 0.3) is 0 Å². The molecule has 2 aromatic carbocycles. The van der Waals surface area contributed by atoms with Crippen molar-refractivity contribution in [1.29, 1.82) is 0 Å². The molecule has 0 saturated carbocycles. The van der Waals surface area contributed by atoms with E-state index in [1.807, 2.05) is 13.8 Å². The molecule has 0 aliphatic carbocycles. The van der Waals surface area contributed by atoms with Gasteiger partial charge in [-0.1, -0.05) is 32.0 Å². The van der Waals surface area contributed by atoms with E-state index in [-0.39, 0.29) is 18.2 Å². The summed E-state index contributed by atoms with van der Waals surface area (Å²) >= 11 is 0. The van der Waals surface area contributed by atoms with Crippen LogP contribution in [0.5, 0.6) is 5.75 Å².